The van der Waals surface area contributed by atoms with Gasteiger partial charge in [-0.25, -0.2) is 4.39 Å². The number of hydrogen-bond donors (Lipinski definition) is 1. The molecule has 1 aromatic heterocycles. The molecule has 1 rings (SSSR count). The van der Waals surface area contributed by atoms with E-state index in [1.807, 2.05) is 0 Å². The number of alkyl halides is 1. The Kier molecular flexibility index (Phi) is 3.26. The quantitative estimate of drug-likeness (QED) is 0.811. The van der Waals surface area contributed by atoms with Crippen LogP contribution in [0.25, 0.3) is 0 Å². The highest BCUT2D eigenvalue weighted by atomic mass is 35.5. The Bertz CT molecular complexity index is 280. The van der Waals surface area contributed by atoms with Crippen LogP contribution in [0.4, 0.5) is 4.39 Å². The summed E-state index contributed by atoms with van der Waals surface area (Å²) in [7, 11) is 0. The van der Waals surface area contributed by atoms with Crippen molar-refractivity contribution in [3.05, 3.63) is 28.0 Å². The minimum absolute atomic E-state index is 0.131. The first-order valence-electron chi connectivity index (χ1n) is 3.30. The fourth-order valence-electron chi connectivity index (χ4n) is 0.767. The lowest BCUT2D eigenvalue weighted by Crippen LogP contribution is -2.09. The van der Waals surface area contributed by atoms with Crippen molar-refractivity contribution >= 4 is 23.2 Å². The number of rotatable bonds is 2. The molecule has 2 nitrogen and oxygen atoms in total. The van der Waals surface area contributed by atoms with Crippen molar-refractivity contribution in [1.29, 1.82) is 0 Å². The van der Waals surface area contributed by atoms with Crippen LogP contribution in [0.15, 0.2) is 12.3 Å². The SMILES string of the molecule is NCC(F)c1ncc(Cl)cc1Cl. The number of halogens is 3. The van der Waals surface area contributed by atoms with Gasteiger partial charge >= 0.3 is 0 Å². The van der Waals surface area contributed by atoms with Gasteiger partial charge in [-0.15, -0.1) is 0 Å². The van der Waals surface area contributed by atoms with Crippen LogP contribution in [-0.4, -0.2) is 11.5 Å². The normalized spacial score (nSPS) is 13.0. The van der Waals surface area contributed by atoms with Crippen LogP contribution in [0.2, 0.25) is 10.0 Å². The van der Waals surface area contributed by atoms with Gasteiger partial charge in [0.25, 0.3) is 0 Å². The summed E-state index contributed by atoms with van der Waals surface area (Å²) in [6.45, 7) is -0.131. The van der Waals surface area contributed by atoms with Gasteiger partial charge in [0.05, 0.1) is 15.7 Å². The van der Waals surface area contributed by atoms with Crippen LogP contribution >= 0.6 is 23.2 Å². The van der Waals surface area contributed by atoms with Gasteiger partial charge < -0.3 is 5.73 Å². The van der Waals surface area contributed by atoms with Crippen LogP contribution < -0.4 is 5.73 Å². The highest BCUT2D eigenvalue weighted by molar-refractivity contribution is 6.34. The van der Waals surface area contributed by atoms with Crippen LogP contribution in [0.5, 0.6) is 0 Å². The monoisotopic (exact) mass is 208 g/mol. The van der Waals surface area contributed by atoms with E-state index in [0.29, 0.717) is 5.02 Å². The third-order valence-electron chi connectivity index (χ3n) is 1.34. The molecule has 0 saturated heterocycles. The molecule has 1 aromatic rings. The standard InChI is InChI=1S/C7H7Cl2FN2/c8-4-1-5(9)7(12-3-4)6(10)2-11/h1,3,6H,2,11H2. The molecule has 0 spiro atoms. The lowest BCUT2D eigenvalue weighted by Gasteiger charge is -2.05. The molecule has 0 fully saturated rings. The van der Waals surface area contributed by atoms with Crippen LogP contribution in [0.3, 0.4) is 0 Å². The van der Waals surface area contributed by atoms with Crippen molar-refractivity contribution in [2.75, 3.05) is 6.54 Å². The first-order chi connectivity index (χ1) is 5.65. The molecule has 1 unspecified atom stereocenters. The van der Waals surface area contributed by atoms with Crippen molar-refractivity contribution in [1.82, 2.24) is 4.98 Å². The third-order valence-corrected chi connectivity index (χ3v) is 1.85. The van der Waals surface area contributed by atoms with E-state index >= 15 is 0 Å². The summed E-state index contributed by atoms with van der Waals surface area (Å²) in [4.78, 5) is 3.73. The number of nitrogens with two attached hydrogens (primary N) is 1. The van der Waals surface area contributed by atoms with E-state index in [2.05, 4.69) is 4.98 Å². The molecule has 66 valence electrons. The molecule has 2 N–H and O–H groups in total. The molecule has 0 saturated carbocycles. The summed E-state index contributed by atoms with van der Waals surface area (Å²) < 4.78 is 12.9. The van der Waals surface area contributed by atoms with E-state index in [9.17, 15) is 4.39 Å². The zero-order valence-corrected chi connectivity index (χ0v) is 7.61. The average molecular weight is 209 g/mol. The molecule has 0 aliphatic heterocycles. The molecule has 0 aromatic carbocycles. The van der Waals surface area contributed by atoms with Gasteiger partial charge in [-0.1, -0.05) is 23.2 Å². The lowest BCUT2D eigenvalue weighted by atomic mass is 10.2. The van der Waals surface area contributed by atoms with Gasteiger partial charge in [0.1, 0.15) is 0 Å². The number of pyridine rings is 1. The minimum Gasteiger partial charge on any atom is -0.327 e. The summed E-state index contributed by atoms with van der Waals surface area (Å²) in [6, 6.07) is 1.44. The lowest BCUT2D eigenvalue weighted by molar-refractivity contribution is 0.345. The second-order valence-corrected chi connectivity index (χ2v) is 3.07. The zero-order valence-electron chi connectivity index (χ0n) is 6.10. The third kappa shape index (κ3) is 2.06. The van der Waals surface area contributed by atoms with Crippen LogP contribution in [0.1, 0.15) is 11.9 Å². The van der Waals surface area contributed by atoms with Crippen molar-refractivity contribution < 1.29 is 4.39 Å². The van der Waals surface area contributed by atoms with Crippen LogP contribution in [0, 0.1) is 0 Å². The molecular weight excluding hydrogens is 202 g/mol. The topological polar surface area (TPSA) is 38.9 Å². The average Bonchev–Trinajstić information content (AvgIpc) is 2.03. The summed E-state index contributed by atoms with van der Waals surface area (Å²) in [5.74, 6) is 0. The highest BCUT2D eigenvalue weighted by Gasteiger charge is 2.13. The molecule has 0 aliphatic carbocycles. The second-order valence-electron chi connectivity index (χ2n) is 2.22. The van der Waals surface area contributed by atoms with Crippen molar-refractivity contribution in [3.8, 4) is 0 Å². The van der Waals surface area contributed by atoms with E-state index in [0.717, 1.165) is 0 Å². The summed E-state index contributed by atoms with van der Waals surface area (Å²) in [6.07, 6.45) is 0.0140. The molecule has 12 heavy (non-hydrogen) atoms. The van der Waals surface area contributed by atoms with Gasteiger partial charge in [-0.2, -0.15) is 0 Å². The van der Waals surface area contributed by atoms with E-state index in [1.54, 1.807) is 0 Å². The maximum atomic E-state index is 12.9. The second kappa shape index (κ2) is 4.03. The van der Waals surface area contributed by atoms with E-state index < -0.39 is 6.17 Å². The Morgan fingerprint density at radius 1 is 1.58 bits per heavy atom. The zero-order chi connectivity index (χ0) is 9.14. The van der Waals surface area contributed by atoms with E-state index in [4.69, 9.17) is 28.9 Å². The summed E-state index contributed by atoms with van der Waals surface area (Å²) >= 11 is 11.2. The van der Waals surface area contributed by atoms with Crippen molar-refractivity contribution in [2.24, 2.45) is 5.73 Å². The van der Waals surface area contributed by atoms with E-state index in [-0.39, 0.29) is 17.3 Å². The molecule has 1 heterocycles. The maximum Gasteiger partial charge on any atom is 0.156 e. The number of hydrogen-bond acceptors (Lipinski definition) is 2. The summed E-state index contributed by atoms with van der Waals surface area (Å²) in [5, 5.41) is 0.591. The largest absolute Gasteiger partial charge is 0.327 e. The Balaban J connectivity index is 3.01. The fourth-order valence-corrected chi connectivity index (χ4v) is 1.27. The molecule has 0 radical (unpaired) electrons. The molecule has 0 bridgehead atoms. The molecule has 5 heteroatoms. The van der Waals surface area contributed by atoms with Gasteiger partial charge in [0.15, 0.2) is 6.17 Å². The smallest absolute Gasteiger partial charge is 0.156 e. The minimum atomic E-state index is -1.32. The highest BCUT2D eigenvalue weighted by Crippen LogP contribution is 2.25. The number of nitrogens with zero attached hydrogens (tertiary/aromatic N) is 1. The predicted molar refractivity (Wildman–Crippen MR) is 47.2 cm³/mol. The Morgan fingerprint density at radius 2 is 2.25 bits per heavy atom. The molecule has 1 atom stereocenters. The first kappa shape index (κ1) is 9.71. The Labute approximate surface area is 79.5 Å². The first-order valence-corrected chi connectivity index (χ1v) is 4.06. The van der Waals surface area contributed by atoms with Gasteiger partial charge in [-0.05, 0) is 6.07 Å². The fraction of sp³-hybridized carbons (Fsp3) is 0.286. The predicted octanol–water partition coefficient (Wildman–Crippen LogP) is 2.36. The van der Waals surface area contributed by atoms with Crippen molar-refractivity contribution in [2.45, 2.75) is 6.17 Å². The van der Waals surface area contributed by atoms with Gasteiger partial charge in [0, 0.05) is 12.7 Å². The van der Waals surface area contributed by atoms with E-state index in [1.165, 1.54) is 12.3 Å². The molecular formula is C7H7Cl2FN2. The molecule has 0 aliphatic rings. The number of aromatic nitrogens is 1. The maximum absolute atomic E-state index is 12.9. The Hall–Kier alpha value is -0.380. The van der Waals surface area contributed by atoms with Crippen molar-refractivity contribution in [3.63, 3.8) is 0 Å². The van der Waals surface area contributed by atoms with Gasteiger partial charge in [-0.3, -0.25) is 4.98 Å². The summed E-state index contributed by atoms with van der Waals surface area (Å²) in [5.41, 5.74) is 5.25. The van der Waals surface area contributed by atoms with Crippen LogP contribution in [-0.2, 0) is 0 Å². The molecule has 0 amide bonds. The van der Waals surface area contributed by atoms with Gasteiger partial charge in [0.2, 0.25) is 0 Å². The Morgan fingerprint density at radius 3 is 2.75 bits per heavy atom.